The fraction of sp³-hybridized carbons (Fsp3) is 0.882. The molecule has 114 valence electrons. The van der Waals surface area contributed by atoms with E-state index in [1.54, 1.807) is 0 Å². The summed E-state index contributed by atoms with van der Waals surface area (Å²) in [6, 6.07) is 0. The summed E-state index contributed by atoms with van der Waals surface area (Å²) in [5.41, 5.74) is 0.270. The SMILES string of the molecule is CC1CNCC1c1nc(C23CC4CC(CC(C4)C2)C3)no1. The van der Waals surface area contributed by atoms with Crippen molar-refractivity contribution in [3.8, 4) is 0 Å². The molecule has 6 rings (SSSR count). The second-order valence-electron chi connectivity index (χ2n) is 8.40. The molecular formula is C17H25N3O. The monoisotopic (exact) mass is 287 g/mol. The first kappa shape index (κ1) is 12.6. The van der Waals surface area contributed by atoms with Crippen molar-refractivity contribution >= 4 is 0 Å². The Kier molecular flexibility index (Phi) is 2.59. The van der Waals surface area contributed by atoms with Gasteiger partial charge in [0.1, 0.15) is 0 Å². The lowest BCUT2D eigenvalue weighted by Gasteiger charge is -2.55. The second-order valence-corrected chi connectivity index (χ2v) is 8.40. The zero-order valence-electron chi connectivity index (χ0n) is 12.8. The number of aromatic nitrogens is 2. The van der Waals surface area contributed by atoms with Crippen molar-refractivity contribution in [2.24, 2.45) is 23.7 Å². The lowest BCUT2D eigenvalue weighted by Crippen LogP contribution is -2.49. The predicted molar refractivity (Wildman–Crippen MR) is 78.9 cm³/mol. The van der Waals surface area contributed by atoms with Crippen molar-refractivity contribution in [2.75, 3.05) is 13.1 Å². The molecule has 2 atom stereocenters. The molecular weight excluding hydrogens is 262 g/mol. The normalized spacial score (nSPS) is 48.1. The van der Waals surface area contributed by atoms with Gasteiger partial charge in [-0.25, -0.2) is 0 Å². The van der Waals surface area contributed by atoms with Crippen LogP contribution in [0.5, 0.6) is 0 Å². The van der Waals surface area contributed by atoms with E-state index in [-0.39, 0.29) is 5.41 Å². The average molecular weight is 287 g/mol. The van der Waals surface area contributed by atoms with Crippen LogP contribution in [0.15, 0.2) is 4.52 Å². The van der Waals surface area contributed by atoms with Gasteiger partial charge in [0.15, 0.2) is 5.82 Å². The minimum absolute atomic E-state index is 0.270. The van der Waals surface area contributed by atoms with Crippen LogP contribution < -0.4 is 5.32 Å². The Morgan fingerprint density at radius 2 is 1.71 bits per heavy atom. The first-order valence-electron chi connectivity index (χ1n) is 8.77. The van der Waals surface area contributed by atoms with Crippen LogP contribution in [-0.2, 0) is 5.41 Å². The zero-order chi connectivity index (χ0) is 14.0. The van der Waals surface area contributed by atoms with E-state index in [1.165, 1.54) is 38.5 Å². The van der Waals surface area contributed by atoms with Crippen LogP contribution in [0.2, 0.25) is 0 Å². The van der Waals surface area contributed by atoms with Gasteiger partial charge in [0, 0.05) is 12.0 Å². The lowest BCUT2D eigenvalue weighted by molar-refractivity contribution is -0.0103. The van der Waals surface area contributed by atoms with E-state index >= 15 is 0 Å². The van der Waals surface area contributed by atoms with Crippen molar-refractivity contribution < 1.29 is 4.52 Å². The van der Waals surface area contributed by atoms with Crippen molar-refractivity contribution in [3.63, 3.8) is 0 Å². The zero-order valence-corrected chi connectivity index (χ0v) is 12.8. The molecule has 1 aliphatic heterocycles. The van der Waals surface area contributed by atoms with Crippen molar-refractivity contribution in [2.45, 2.75) is 56.8 Å². The average Bonchev–Trinajstić information content (AvgIpc) is 3.05. The summed E-state index contributed by atoms with van der Waals surface area (Å²) in [4.78, 5) is 4.91. The van der Waals surface area contributed by atoms with Gasteiger partial charge in [-0.3, -0.25) is 0 Å². The number of nitrogens with one attached hydrogen (secondary N) is 1. The minimum atomic E-state index is 0.270. The van der Waals surface area contributed by atoms with Gasteiger partial charge in [-0.2, -0.15) is 4.98 Å². The maximum atomic E-state index is 5.71. The van der Waals surface area contributed by atoms with Gasteiger partial charge in [0.2, 0.25) is 5.89 Å². The molecule has 0 radical (unpaired) electrons. The topological polar surface area (TPSA) is 51.0 Å². The number of rotatable bonds is 2. The van der Waals surface area contributed by atoms with Gasteiger partial charge >= 0.3 is 0 Å². The summed E-state index contributed by atoms with van der Waals surface area (Å²) in [5, 5.41) is 7.91. The molecule has 21 heavy (non-hydrogen) atoms. The highest BCUT2D eigenvalue weighted by molar-refractivity contribution is 5.17. The smallest absolute Gasteiger partial charge is 0.231 e. The fourth-order valence-electron chi connectivity index (χ4n) is 6.13. The molecule has 1 N–H and O–H groups in total. The van der Waals surface area contributed by atoms with Crippen molar-refractivity contribution in [1.82, 2.24) is 15.5 Å². The van der Waals surface area contributed by atoms with Crippen LogP contribution >= 0.6 is 0 Å². The van der Waals surface area contributed by atoms with Gasteiger partial charge in [-0.05, 0) is 68.7 Å². The number of hydrogen-bond donors (Lipinski definition) is 1. The molecule has 1 saturated heterocycles. The Morgan fingerprint density at radius 3 is 2.29 bits per heavy atom. The van der Waals surface area contributed by atoms with Crippen LogP contribution in [0, 0.1) is 23.7 Å². The quantitative estimate of drug-likeness (QED) is 0.908. The molecule has 4 aliphatic carbocycles. The standard InChI is InChI=1S/C17H25N3O/c1-10-8-18-9-14(10)15-19-16(20-21-15)17-5-11-2-12(6-17)4-13(3-11)7-17/h10-14,18H,2-9H2,1H3. The van der Waals surface area contributed by atoms with Gasteiger partial charge in [-0.15, -0.1) is 0 Å². The first-order chi connectivity index (χ1) is 10.2. The summed E-state index contributed by atoms with van der Waals surface area (Å²) in [6.45, 7) is 4.34. The van der Waals surface area contributed by atoms with E-state index in [2.05, 4.69) is 17.4 Å². The molecule has 0 aromatic carbocycles. The van der Waals surface area contributed by atoms with Crippen LogP contribution in [0.25, 0.3) is 0 Å². The largest absolute Gasteiger partial charge is 0.339 e. The van der Waals surface area contributed by atoms with Crippen molar-refractivity contribution in [3.05, 3.63) is 11.7 Å². The van der Waals surface area contributed by atoms with E-state index < -0.39 is 0 Å². The third-order valence-corrected chi connectivity index (χ3v) is 6.79. The van der Waals surface area contributed by atoms with Gasteiger partial charge in [0.05, 0.1) is 5.92 Å². The molecule has 4 heteroatoms. The highest BCUT2D eigenvalue weighted by Crippen LogP contribution is 2.60. The molecule has 0 amide bonds. The van der Waals surface area contributed by atoms with Gasteiger partial charge in [-0.1, -0.05) is 12.1 Å². The molecule has 4 nitrogen and oxygen atoms in total. The van der Waals surface area contributed by atoms with Crippen LogP contribution in [0.3, 0.4) is 0 Å². The van der Waals surface area contributed by atoms with Gasteiger partial charge in [0.25, 0.3) is 0 Å². The van der Waals surface area contributed by atoms with E-state index in [4.69, 9.17) is 9.51 Å². The maximum absolute atomic E-state index is 5.71. The van der Waals surface area contributed by atoms with Crippen LogP contribution in [-0.4, -0.2) is 23.2 Å². The first-order valence-corrected chi connectivity index (χ1v) is 8.77. The molecule has 5 aliphatic rings. The molecule has 2 heterocycles. The molecule has 1 aromatic rings. The molecule has 4 bridgehead atoms. The van der Waals surface area contributed by atoms with E-state index in [1.807, 2.05) is 0 Å². The summed E-state index contributed by atoms with van der Waals surface area (Å²) in [6.07, 6.45) is 8.35. The summed E-state index contributed by atoms with van der Waals surface area (Å²) >= 11 is 0. The fourth-order valence-corrected chi connectivity index (χ4v) is 6.13. The highest BCUT2D eigenvalue weighted by atomic mass is 16.5. The Balaban J connectivity index is 1.46. The summed E-state index contributed by atoms with van der Waals surface area (Å²) in [7, 11) is 0. The summed E-state index contributed by atoms with van der Waals surface area (Å²) < 4.78 is 5.71. The van der Waals surface area contributed by atoms with E-state index in [9.17, 15) is 0 Å². The third-order valence-electron chi connectivity index (χ3n) is 6.79. The van der Waals surface area contributed by atoms with Crippen LogP contribution in [0.4, 0.5) is 0 Å². The van der Waals surface area contributed by atoms with E-state index in [0.717, 1.165) is 42.6 Å². The Hall–Kier alpha value is -0.900. The highest BCUT2D eigenvalue weighted by Gasteiger charge is 2.54. The third kappa shape index (κ3) is 1.84. The lowest BCUT2D eigenvalue weighted by atomic mass is 9.49. The molecule has 4 saturated carbocycles. The van der Waals surface area contributed by atoms with Gasteiger partial charge < -0.3 is 9.84 Å². The Labute approximate surface area is 126 Å². The molecule has 5 fully saturated rings. The minimum Gasteiger partial charge on any atom is -0.339 e. The number of hydrogen-bond acceptors (Lipinski definition) is 4. The molecule has 1 aromatic heterocycles. The van der Waals surface area contributed by atoms with Crippen LogP contribution in [0.1, 0.15) is 63.1 Å². The second kappa shape index (κ2) is 4.31. The molecule has 0 spiro atoms. The molecule has 2 unspecified atom stereocenters. The Morgan fingerprint density at radius 1 is 1.05 bits per heavy atom. The Bertz CT molecular complexity index is 517. The van der Waals surface area contributed by atoms with Crippen molar-refractivity contribution in [1.29, 1.82) is 0 Å². The maximum Gasteiger partial charge on any atom is 0.231 e. The van der Waals surface area contributed by atoms with E-state index in [0.29, 0.717) is 11.8 Å². The number of nitrogens with zero attached hydrogens (tertiary/aromatic N) is 2. The predicted octanol–water partition coefficient (Wildman–Crippen LogP) is 2.86. The summed E-state index contributed by atoms with van der Waals surface area (Å²) in [5.74, 6) is 5.77.